The monoisotopic (exact) mass is 267 g/mol. The molecule has 0 aliphatic carbocycles. The minimum absolute atomic E-state index is 0.185. The van der Waals surface area contributed by atoms with E-state index in [9.17, 15) is 4.79 Å². The third kappa shape index (κ3) is 6.15. The van der Waals surface area contributed by atoms with Crippen molar-refractivity contribution in [3.05, 3.63) is 18.0 Å². The fourth-order valence-electron chi connectivity index (χ4n) is 1.17. The molecule has 0 saturated carbocycles. The first-order valence-corrected chi connectivity index (χ1v) is 6.12. The zero-order chi connectivity index (χ0) is 14.5. The van der Waals surface area contributed by atoms with Crippen molar-refractivity contribution in [1.82, 2.24) is 14.9 Å². The smallest absolute Gasteiger partial charge is 0.357 e. The second kappa shape index (κ2) is 6.47. The van der Waals surface area contributed by atoms with Gasteiger partial charge in [-0.1, -0.05) is 0 Å². The molecule has 6 nitrogen and oxygen atoms in total. The predicted octanol–water partition coefficient (Wildman–Crippen LogP) is 1.37. The maximum Gasteiger partial charge on any atom is 0.357 e. The summed E-state index contributed by atoms with van der Waals surface area (Å²) >= 11 is 0. The van der Waals surface area contributed by atoms with Crippen molar-refractivity contribution in [2.24, 2.45) is 0 Å². The molecule has 0 fully saturated rings. The van der Waals surface area contributed by atoms with Crippen LogP contribution in [0.2, 0.25) is 0 Å². The van der Waals surface area contributed by atoms with E-state index >= 15 is 0 Å². The van der Waals surface area contributed by atoms with Gasteiger partial charge in [-0.3, -0.25) is 0 Å². The van der Waals surface area contributed by atoms with Gasteiger partial charge in [0.2, 0.25) is 0 Å². The zero-order valence-corrected chi connectivity index (χ0v) is 12.1. The molecule has 0 bridgehead atoms. The summed E-state index contributed by atoms with van der Waals surface area (Å²) in [5, 5.41) is 0. The van der Waals surface area contributed by atoms with Gasteiger partial charge in [-0.2, -0.15) is 4.98 Å². The lowest BCUT2D eigenvalue weighted by molar-refractivity contribution is 0.00613. The molecule has 1 rings (SSSR count). The van der Waals surface area contributed by atoms with Crippen LogP contribution >= 0.6 is 0 Å². The first kappa shape index (κ1) is 15.4. The molecule has 0 aromatic carbocycles. The Morgan fingerprint density at radius 3 is 2.63 bits per heavy atom. The average Bonchev–Trinajstić information content (AvgIpc) is 2.26. The van der Waals surface area contributed by atoms with Gasteiger partial charge >= 0.3 is 12.0 Å². The van der Waals surface area contributed by atoms with Crippen LogP contribution in [0.1, 0.15) is 31.3 Å². The molecule has 0 radical (unpaired) electrons. The van der Waals surface area contributed by atoms with Crippen molar-refractivity contribution in [2.45, 2.75) is 26.4 Å². The molecule has 0 saturated heterocycles. The van der Waals surface area contributed by atoms with Gasteiger partial charge in [-0.15, -0.1) is 0 Å². The lowest BCUT2D eigenvalue weighted by Gasteiger charge is -2.19. The number of hydrogen-bond acceptors (Lipinski definition) is 6. The summed E-state index contributed by atoms with van der Waals surface area (Å²) in [5.41, 5.74) is -0.349. The van der Waals surface area contributed by atoms with Crippen LogP contribution in [0, 0.1) is 0 Å². The van der Waals surface area contributed by atoms with E-state index in [2.05, 4.69) is 9.97 Å². The van der Waals surface area contributed by atoms with Gasteiger partial charge in [0.1, 0.15) is 12.2 Å². The molecule has 0 amide bonds. The second-order valence-corrected chi connectivity index (χ2v) is 5.38. The molecule has 19 heavy (non-hydrogen) atoms. The standard InChI is InChI=1S/C13H21N3O3/c1-13(2,3)19-11(17)10-6-7-14-12(15-10)18-9-8-16(4)5/h6-7H,8-9H2,1-5H3. The van der Waals surface area contributed by atoms with Gasteiger partial charge in [0, 0.05) is 12.7 Å². The van der Waals surface area contributed by atoms with Crippen LogP contribution in [0.25, 0.3) is 0 Å². The Labute approximate surface area is 113 Å². The molecule has 0 unspecified atom stereocenters. The normalized spacial score (nSPS) is 11.5. The van der Waals surface area contributed by atoms with Crippen molar-refractivity contribution in [3.8, 4) is 6.01 Å². The van der Waals surface area contributed by atoms with Crippen LogP contribution < -0.4 is 4.74 Å². The lowest BCUT2D eigenvalue weighted by atomic mass is 10.2. The number of nitrogens with zero attached hydrogens (tertiary/aromatic N) is 3. The number of aromatic nitrogens is 2. The molecule has 1 aromatic rings. The molecule has 0 aliphatic rings. The number of hydrogen-bond donors (Lipinski definition) is 0. The molecule has 0 spiro atoms. The summed E-state index contributed by atoms with van der Waals surface area (Å²) in [6.45, 7) is 6.63. The molecule has 0 aliphatic heterocycles. The zero-order valence-electron chi connectivity index (χ0n) is 12.1. The van der Waals surface area contributed by atoms with E-state index in [0.29, 0.717) is 6.61 Å². The molecule has 1 aromatic heterocycles. The minimum atomic E-state index is -0.548. The highest BCUT2D eigenvalue weighted by Gasteiger charge is 2.19. The predicted molar refractivity (Wildman–Crippen MR) is 71.2 cm³/mol. The topological polar surface area (TPSA) is 64.5 Å². The largest absolute Gasteiger partial charge is 0.462 e. The van der Waals surface area contributed by atoms with Gasteiger partial charge in [-0.25, -0.2) is 9.78 Å². The van der Waals surface area contributed by atoms with E-state index in [-0.39, 0.29) is 11.7 Å². The number of carbonyl (C=O) groups excluding carboxylic acids is 1. The molecule has 6 heteroatoms. The Balaban J connectivity index is 2.64. The Morgan fingerprint density at radius 2 is 2.05 bits per heavy atom. The van der Waals surface area contributed by atoms with Crippen molar-refractivity contribution < 1.29 is 14.3 Å². The van der Waals surface area contributed by atoms with Crippen LogP contribution in [-0.2, 0) is 4.74 Å². The maximum absolute atomic E-state index is 11.8. The quantitative estimate of drug-likeness (QED) is 0.751. The van der Waals surface area contributed by atoms with E-state index in [1.54, 1.807) is 20.8 Å². The summed E-state index contributed by atoms with van der Waals surface area (Å²) in [5.74, 6) is -0.479. The van der Waals surface area contributed by atoms with Gasteiger partial charge in [0.05, 0.1) is 0 Å². The molecule has 1 heterocycles. The molecule has 0 N–H and O–H groups in total. The Morgan fingerprint density at radius 1 is 1.37 bits per heavy atom. The number of likely N-dealkylation sites (N-methyl/N-ethyl adjacent to an activating group) is 1. The molecule has 0 atom stereocenters. The summed E-state index contributed by atoms with van der Waals surface area (Å²) in [6.07, 6.45) is 1.48. The summed E-state index contributed by atoms with van der Waals surface area (Å²) < 4.78 is 10.6. The van der Waals surface area contributed by atoms with Crippen molar-refractivity contribution in [3.63, 3.8) is 0 Å². The van der Waals surface area contributed by atoms with E-state index in [4.69, 9.17) is 9.47 Å². The summed E-state index contributed by atoms with van der Waals surface area (Å²) in [7, 11) is 3.89. The molecular weight excluding hydrogens is 246 g/mol. The summed E-state index contributed by atoms with van der Waals surface area (Å²) in [4.78, 5) is 21.8. The first-order valence-electron chi connectivity index (χ1n) is 6.12. The van der Waals surface area contributed by atoms with Crippen LogP contribution in [-0.4, -0.2) is 53.7 Å². The highest BCUT2D eigenvalue weighted by atomic mass is 16.6. The number of carbonyl (C=O) groups is 1. The second-order valence-electron chi connectivity index (χ2n) is 5.38. The van der Waals surface area contributed by atoms with E-state index in [1.165, 1.54) is 12.3 Å². The van der Waals surface area contributed by atoms with Crippen LogP contribution in [0.15, 0.2) is 12.3 Å². The van der Waals surface area contributed by atoms with E-state index < -0.39 is 11.6 Å². The van der Waals surface area contributed by atoms with Gasteiger partial charge in [0.15, 0.2) is 5.69 Å². The lowest BCUT2D eigenvalue weighted by Crippen LogP contribution is -2.25. The minimum Gasteiger partial charge on any atom is -0.462 e. The van der Waals surface area contributed by atoms with Crippen molar-refractivity contribution in [2.75, 3.05) is 27.2 Å². The van der Waals surface area contributed by atoms with Crippen molar-refractivity contribution in [1.29, 1.82) is 0 Å². The van der Waals surface area contributed by atoms with Gasteiger partial charge < -0.3 is 14.4 Å². The number of esters is 1. The van der Waals surface area contributed by atoms with Gasteiger partial charge in [-0.05, 0) is 40.9 Å². The average molecular weight is 267 g/mol. The SMILES string of the molecule is CN(C)CCOc1nccc(C(=O)OC(C)(C)C)n1. The molecule has 106 valence electrons. The third-order valence-electron chi connectivity index (χ3n) is 2.01. The fraction of sp³-hybridized carbons (Fsp3) is 0.615. The van der Waals surface area contributed by atoms with Crippen LogP contribution in [0.5, 0.6) is 6.01 Å². The van der Waals surface area contributed by atoms with Crippen molar-refractivity contribution >= 4 is 5.97 Å². The van der Waals surface area contributed by atoms with Crippen LogP contribution in [0.3, 0.4) is 0 Å². The summed E-state index contributed by atoms with van der Waals surface area (Å²) in [6, 6.07) is 1.69. The van der Waals surface area contributed by atoms with Crippen LogP contribution in [0.4, 0.5) is 0 Å². The van der Waals surface area contributed by atoms with E-state index in [0.717, 1.165) is 6.54 Å². The number of rotatable bonds is 5. The Kier molecular flexibility index (Phi) is 5.23. The fourth-order valence-corrected chi connectivity index (χ4v) is 1.17. The first-order chi connectivity index (χ1) is 8.78. The third-order valence-corrected chi connectivity index (χ3v) is 2.01. The van der Waals surface area contributed by atoms with Gasteiger partial charge in [0.25, 0.3) is 0 Å². The Hall–Kier alpha value is -1.69. The molecular formula is C13H21N3O3. The highest BCUT2D eigenvalue weighted by molar-refractivity contribution is 5.87. The van der Waals surface area contributed by atoms with E-state index in [1.807, 2.05) is 19.0 Å². The maximum atomic E-state index is 11.8. The highest BCUT2D eigenvalue weighted by Crippen LogP contribution is 2.11. The number of ether oxygens (including phenoxy) is 2. The Bertz CT molecular complexity index is 427.